The Morgan fingerprint density at radius 3 is 2.11 bits per heavy atom. The Kier molecular flexibility index (Phi) is 6.58. The van der Waals surface area contributed by atoms with Gasteiger partial charge in [0.05, 0.1) is 10.7 Å². The average Bonchev–Trinajstić information content (AvgIpc) is 2.69. The Bertz CT molecular complexity index is 899. The third kappa shape index (κ3) is 5.64. The van der Waals surface area contributed by atoms with Crippen LogP contribution in [0.5, 0.6) is 11.5 Å². The molecule has 1 N–H and O–H groups in total. The van der Waals surface area contributed by atoms with Crippen molar-refractivity contribution in [2.24, 2.45) is 0 Å². The van der Waals surface area contributed by atoms with E-state index in [2.05, 4.69) is 5.32 Å². The van der Waals surface area contributed by atoms with Gasteiger partial charge in [-0.2, -0.15) is 0 Å². The number of ether oxygens (including phenoxy) is 2. The highest BCUT2D eigenvalue weighted by Crippen LogP contribution is 2.26. The van der Waals surface area contributed by atoms with Gasteiger partial charge in [0.2, 0.25) is 0 Å². The van der Waals surface area contributed by atoms with E-state index in [9.17, 15) is 4.79 Å². The van der Waals surface area contributed by atoms with E-state index in [4.69, 9.17) is 32.7 Å². The van der Waals surface area contributed by atoms with Crippen LogP contribution in [0.4, 0.5) is 5.69 Å². The minimum absolute atomic E-state index is 0.280. The van der Waals surface area contributed by atoms with Gasteiger partial charge in [-0.15, -0.1) is 0 Å². The Hall–Kier alpha value is -2.69. The third-order valence-corrected chi connectivity index (χ3v) is 4.22. The second kappa shape index (κ2) is 9.31. The van der Waals surface area contributed by atoms with Crippen LogP contribution in [0.2, 0.25) is 10.0 Å². The minimum Gasteiger partial charge on any atom is -0.490 e. The van der Waals surface area contributed by atoms with Crippen LogP contribution in [-0.2, 0) is 0 Å². The molecule has 0 unspecified atom stereocenters. The summed E-state index contributed by atoms with van der Waals surface area (Å²) in [6, 6.07) is 21.3. The van der Waals surface area contributed by atoms with Crippen molar-refractivity contribution in [1.82, 2.24) is 0 Å². The molecule has 0 spiro atoms. The normalized spacial score (nSPS) is 10.3. The molecule has 0 aliphatic heterocycles. The molecule has 1 amide bonds. The Morgan fingerprint density at radius 2 is 1.44 bits per heavy atom. The lowest BCUT2D eigenvalue weighted by Gasteiger charge is -2.10. The molecular weight excluding hydrogens is 385 g/mol. The SMILES string of the molecule is O=C(Nc1cc(Cl)ccc1Cl)c1ccc(OCCOc2ccccc2)cc1. The lowest BCUT2D eigenvalue weighted by Crippen LogP contribution is -2.12. The first-order chi connectivity index (χ1) is 13.1. The van der Waals surface area contributed by atoms with Crippen molar-refractivity contribution < 1.29 is 14.3 Å². The van der Waals surface area contributed by atoms with Gasteiger partial charge in [0.1, 0.15) is 24.7 Å². The molecular formula is C21H17Cl2NO3. The molecule has 0 bridgehead atoms. The number of hydrogen-bond donors (Lipinski definition) is 1. The molecule has 0 fully saturated rings. The highest BCUT2D eigenvalue weighted by atomic mass is 35.5. The Morgan fingerprint density at radius 1 is 0.815 bits per heavy atom. The van der Waals surface area contributed by atoms with E-state index in [1.165, 1.54) is 0 Å². The van der Waals surface area contributed by atoms with E-state index in [0.29, 0.717) is 40.3 Å². The van der Waals surface area contributed by atoms with E-state index in [1.54, 1.807) is 42.5 Å². The first-order valence-corrected chi connectivity index (χ1v) is 9.04. The maximum absolute atomic E-state index is 12.3. The molecule has 4 nitrogen and oxygen atoms in total. The van der Waals surface area contributed by atoms with Crippen molar-refractivity contribution in [3.05, 3.63) is 88.4 Å². The van der Waals surface area contributed by atoms with E-state index in [-0.39, 0.29) is 5.91 Å². The summed E-state index contributed by atoms with van der Waals surface area (Å²) < 4.78 is 11.2. The van der Waals surface area contributed by atoms with Crippen molar-refractivity contribution in [1.29, 1.82) is 0 Å². The summed E-state index contributed by atoms with van der Waals surface area (Å²) in [7, 11) is 0. The summed E-state index contributed by atoms with van der Waals surface area (Å²) in [5.74, 6) is 1.18. The predicted molar refractivity (Wildman–Crippen MR) is 108 cm³/mol. The van der Waals surface area contributed by atoms with E-state index in [1.807, 2.05) is 30.3 Å². The van der Waals surface area contributed by atoms with Gasteiger partial charge in [0, 0.05) is 10.6 Å². The smallest absolute Gasteiger partial charge is 0.255 e. The first-order valence-electron chi connectivity index (χ1n) is 8.29. The molecule has 0 saturated carbocycles. The van der Waals surface area contributed by atoms with Gasteiger partial charge in [-0.3, -0.25) is 4.79 Å². The van der Waals surface area contributed by atoms with Gasteiger partial charge in [0.15, 0.2) is 0 Å². The Balaban J connectivity index is 1.50. The summed E-state index contributed by atoms with van der Waals surface area (Å²) in [6.07, 6.45) is 0. The number of benzene rings is 3. The lowest BCUT2D eigenvalue weighted by atomic mass is 10.2. The van der Waals surface area contributed by atoms with Crippen LogP contribution in [0.3, 0.4) is 0 Å². The maximum Gasteiger partial charge on any atom is 0.255 e. The molecule has 3 aromatic carbocycles. The fraction of sp³-hybridized carbons (Fsp3) is 0.0952. The van der Waals surface area contributed by atoms with Gasteiger partial charge in [-0.25, -0.2) is 0 Å². The van der Waals surface area contributed by atoms with Gasteiger partial charge >= 0.3 is 0 Å². The molecule has 138 valence electrons. The number of nitrogens with one attached hydrogen (secondary N) is 1. The summed E-state index contributed by atoms with van der Waals surface area (Å²) in [5, 5.41) is 3.66. The fourth-order valence-electron chi connectivity index (χ4n) is 2.33. The number of carbonyl (C=O) groups excluding carboxylic acids is 1. The molecule has 0 radical (unpaired) electrons. The Labute approximate surface area is 167 Å². The number of rotatable bonds is 7. The molecule has 0 atom stereocenters. The van der Waals surface area contributed by atoms with Crippen molar-refractivity contribution in [2.45, 2.75) is 0 Å². The van der Waals surface area contributed by atoms with Crippen LogP contribution in [0, 0.1) is 0 Å². The average molecular weight is 402 g/mol. The summed E-state index contributed by atoms with van der Waals surface area (Å²) in [4.78, 5) is 12.3. The second-order valence-corrected chi connectivity index (χ2v) is 6.46. The van der Waals surface area contributed by atoms with Gasteiger partial charge in [0.25, 0.3) is 5.91 Å². The number of para-hydroxylation sites is 1. The van der Waals surface area contributed by atoms with Gasteiger partial charge in [-0.05, 0) is 54.6 Å². The molecule has 6 heteroatoms. The molecule has 0 aliphatic carbocycles. The van der Waals surface area contributed by atoms with Crippen molar-refractivity contribution in [3.8, 4) is 11.5 Å². The monoisotopic (exact) mass is 401 g/mol. The third-order valence-electron chi connectivity index (χ3n) is 3.66. The molecule has 0 saturated heterocycles. The quantitative estimate of drug-likeness (QED) is 0.516. The summed E-state index contributed by atoms with van der Waals surface area (Å²) >= 11 is 12.0. The van der Waals surface area contributed by atoms with E-state index < -0.39 is 0 Å². The lowest BCUT2D eigenvalue weighted by molar-refractivity contribution is 0.102. The molecule has 3 rings (SSSR count). The van der Waals surface area contributed by atoms with Crippen molar-refractivity contribution in [3.63, 3.8) is 0 Å². The number of carbonyl (C=O) groups is 1. The van der Waals surface area contributed by atoms with Crippen LogP contribution in [0.15, 0.2) is 72.8 Å². The highest BCUT2D eigenvalue weighted by Gasteiger charge is 2.09. The predicted octanol–water partition coefficient (Wildman–Crippen LogP) is 5.70. The standard InChI is InChI=1S/C21H17Cl2NO3/c22-16-8-11-19(23)20(14-16)24-21(25)15-6-9-18(10-7-15)27-13-12-26-17-4-2-1-3-5-17/h1-11,14H,12-13H2,(H,24,25). The number of halogens is 2. The van der Waals surface area contributed by atoms with Crippen LogP contribution >= 0.6 is 23.2 Å². The molecule has 3 aromatic rings. The van der Waals surface area contributed by atoms with Crippen LogP contribution in [-0.4, -0.2) is 19.1 Å². The van der Waals surface area contributed by atoms with E-state index >= 15 is 0 Å². The summed E-state index contributed by atoms with van der Waals surface area (Å²) in [6.45, 7) is 0.831. The van der Waals surface area contributed by atoms with Crippen molar-refractivity contribution >= 4 is 34.8 Å². The first kappa shape index (κ1) is 19.1. The van der Waals surface area contributed by atoms with Crippen LogP contribution in [0.1, 0.15) is 10.4 Å². The molecule has 0 aromatic heterocycles. The maximum atomic E-state index is 12.3. The zero-order valence-corrected chi connectivity index (χ0v) is 15.8. The molecule has 27 heavy (non-hydrogen) atoms. The highest BCUT2D eigenvalue weighted by molar-refractivity contribution is 6.35. The topological polar surface area (TPSA) is 47.6 Å². The number of amides is 1. The molecule has 0 aliphatic rings. The fourth-order valence-corrected chi connectivity index (χ4v) is 2.66. The zero-order chi connectivity index (χ0) is 19.1. The second-order valence-electron chi connectivity index (χ2n) is 5.61. The van der Waals surface area contributed by atoms with E-state index in [0.717, 1.165) is 5.75 Å². The van der Waals surface area contributed by atoms with Crippen LogP contribution in [0.25, 0.3) is 0 Å². The van der Waals surface area contributed by atoms with Crippen molar-refractivity contribution in [2.75, 3.05) is 18.5 Å². The van der Waals surface area contributed by atoms with Gasteiger partial charge < -0.3 is 14.8 Å². The minimum atomic E-state index is -0.280. The largest absolute Gasteiger partial charge is 0.490 e. The van der Waals surface area contributed by atoms with Crippen LogP contribution < -0.4 is 14.8 Å². The number of anilines is 1. The number of hydrogen-bond acceptors (Lipinski definition) is 3. The molecule has 0 heterocycles. The van der Waals surface area contributed by atoms with Gasteiger partial charge in [-0.1, -0.05) is 41.4 Å². The zero-order valence-electron chi connectivity index (χ0n) is 14.3. The summed E-state index contributed by atoms with van der Waals surface area (Å²) in [5.41, 5.74) is 0.950.